The minimum Gasteiger partial charge on any atom is -0.309 e. The molecule has 34 heavy (non-hydrogen) atoms. The van der Waals surface area contributed by atoms with Gasteiger partial charge >= 0.3 is 0 Å². The van der Waals surface area contributed by atoms with Gasteiger partial charge in [0.2, 0.25) is 0 Å². The second-order valence-electron chi connectivity index (χ2n) is 13.9. The summed E-state index contributed by atoms with van der Waals surface area (Å²) in [7, 11) is 0. The molecule has 182 valence electrons. The molecule has 6 rings (SSSR count). The van der Waals surface area contributed by atoms with Gasteiger partial charge in [0, 0.05) is 11.6 Å². The summed E-state index contributed by atoms with van der Waals surface area (Å²) in [5.74, 6) is 3.41. The van der Waals surface area contributed by atoms with Crippen molar-refractivity contribution in [3.63, 3.8) is 0 Å². The van der Waals surface area contributed by atoms with Gasteiger partial charge < -0.3 is 5.32 Å². The highest BCUT2D eigenvalue weighted by molar-refractivity contribution is 5.83. The second kappa shape index (κ2) is 7.95. The van der Waals surface area contributed by atoms with Gasteiger partial charge in [-0.2, -0.15) is 0 Å². The van der Waals surface area contributed by atoms with Crippen LogP contribution in [0, 0.1) is 28.6 Å². The second-order valence-corrected chi connectivity index (χ2v) is 13.9. The Kier molecular flexibility index (Phi) is 5.34. The predicted octanol–water partition coefficient (Wildman–Crippen LogP) is 8.64. The maximum atomic E-state index is 3.92. The molecule has 7 atom stereocenters. The van der Waals surface area contributed by atoms with Gasteiger partial charge in [0.15, 0.2) is 0 Å². The van der Waals surface area contributed by atoms with E-state index < -0.39 is 0 Å². The van der Waals surface area contributed by atoms with Gasteiger partial charge in [-0.3, -0.25) is 0 Å². The lowest BCUT2D eigenvalue weighted by molar-refractivity contribution is -0.0332. The van der Waals surface area contributed by atoms with Crippen molar-refractivity contribution in [2.24, 2.45) is 28.6 Å². The van der Waals surface area contributed by atoms with Crippen molar-refractivity contribution in [3.05, 3.63) is 59.7 Å². The summed E-state index contributed by atoms with van der Waals surface area (Å²) in [5, 5.41) is 6.71. The van der Waals surface area contributed by atoms with E-state index in [1.807, 2.05) is 0 Å². The van der Waals surface area contributed by atoms with Crippen LogP contribution < -0.4 is 5.32 Å². The van der Waals surface area contributed by atoms with Crippen LogP contribution in [0.2, 0.25) is 0 Å². The molecule has 1 N–H and O–H groups in total. The van der Waals surface area contributed by atoms with Gasteiger partial charge in [0.05, 0.1) is 0 Å². The summed E-state index contributed by atoms with van der Waals surface area (Å²) in [6.07, 6.45) is 13.7. The van der Waals surface area contributed by atoms with Crippen LogP contribution in [0.3, 0.4) is 0 Å². The van der Waals surface area contributed by atoms with Crippen molar-refractivity contribution < 1.29 is 0 Å². The van der Waals surface area contributed by atoms with E-state index in [2.05, 4.69) is 88.5 Å². The lowest BCUT2D eigenvalue weighted by Crippen LogP contribution is -2.53. The highest BCUT2D eigenvalue weighted by Gasteiger charge is 2.58. The normalized spacial score (nSPS) is 39.8. The average molecular weight is 456 g/mol. The van der Waals surface area contributed by atoms with E-state index in [9.17, 15) is 0 Å². The van der Waals surface area contributed by atoms with Gasteiger partial charge in [0.1, 0.15) is 0 Å². The maximum absolute atomic E-state index is 3.92. The first-order valence-electron chi connectivity index (χ1n) is 14.1. The molecule has 3 fully saturated rings. The number of rotatable bonds is 2. The minimum absolute atomic E-state index is 0.213. The van der Waals surface area contributed by atoms with E-state index in [0.29, 0.717) is 16.9 Å². The molecule has 1 heteroatoms. The molecular weight excluding hydrogens is 410 g/mol. The highest BCUT2D eigenvalue weighted by Crippen LogP contribution is 2.68. The van der Waals surface area contributed by atoms with Gasteiger partial charge in [-0.15, -0.1) is 0 Å². The Balaban J connectivity index is 1.26. The van der Waals surface area contributed by atoms with Crippen LogP contribution in [0.1, 0.15) is 97.5 Å². The summed E-state index contributed by atoms with van der Waals surface area (Å²) in [6, 6.07) is 16.9. The molecule has 0 aliphatic heterocycles. The Morgan fingerprint density at radius 1 is 0.853 bits per heavy atom. The number of fused-ring (bicyclic) bond motifs is 6. The molecule has 0 heterocycles. The van der Waals surface area contributed by atoms with Gasteiger partial charge in [0.25, 0.3) is 0 Å². The summed E-state index contributed by atoms with van der Waals surface area (Å²) in [5.41, 5.74) is 4.53. The largest absolute Gasteiger partial charge is 0.309 e. The third kappa shape index (κ3) is 3.60. The fourth-order valence-electron chi connectivity index (χ4n) is 9.37. The predicted molar refractivity (Wildman–Crippen MR) is 145 cm³/mol. The Hall–Kier alpha value is -1.60. The monoisotopic (exact) mass is 455 g/mol. The summed E-state index contributed by atoms with van der Waals surface area (Å²) in [4.78, 5) is 0. The minimum atomic E-state index is 0.213. The van der Waals surface area contributed by atoms with Crippen LogP contribution in [0.4, 0.5) is 0 Å². The topological polar surface area (TPSA) is 12.0 Å². The smallest absolute Gasteiger partial charge is 0.0110 e. The first kappa shape index (κ1) is 22.8. The highest BCUT2D eigenvalue weighted by atomic mass is 15.0. The van der Waals surface area contributed by atoms with Crippen molar-refractivity contribution in [2.75, 3.05) is 0 Å². The van der Waals surface area contributed by atoms with E-state index in [0.717, 1.165) is 23.7 Å². The van der Waals surface area contributed by atoms with Gasteiger partial charge in [-0.05, 0) is 123 Å². The number of hydrogen-bond donors (Lipinski definition) is 1. The van der Waals surface area contributed by atoms with E-state index in [-0.39, 0.29) is 5.54 Å². The number of benzene rings is 2. The van der Waals surface area contributed by atoms with Crippen LogP contribution in [0.25, 0.3) is 10.8 Å². The number of nitrogens with one attached hydrogen (secondary N) is 1. The lowest BCUT2D eigenvalue weighted by Gasteiger charge is -2.58. The Morgan fingerprint density at radius 2 is 1.65 bits per heavy atom. The molecule has 0 bridgehead atoms. The quantitative estimate of drug-likeness (QED) is 0.447. The molecule has 0 saturated heterocycles. The Bertz CT molecular complexity index is 1100. The van der Waals surface area contributed by atoms with E-state index >= 15 is 0 Å². The van der Waals surface area contributed by atoms with Crippen LogP contribution in [-0.4, -0.2) is 11.6 Å². The Morgan fingerprint density at radius 3 is 2.44 bits per heavy atom. The SMILES string of the molecule is CC(C)(C)N[C@H]1CC[C@@]2(C)C(=CC[C@H]3[C@@H]4CC[C@H](c5ccc6ccccc6c5)[C@@]4(C)CC[C@@H]32)C1. The maximum Gasteiger partial charge on any atom is 0.0110 e. The van der Waals surface area contributed by atoms with Gasteiger partial charge in [-0.25, -0.2) is 0 Å². The summed E-state index contributed by atoms with van der Waals surface area (Å²) >= 11 is 0. The van der Waals surface area contributed by atoms with Crippen LogP contribution >= 0.6 is 0 Å². The average Bonchev–Trinajstić information content (AvgIpc) is 3.15. The van der Waals surface area contributed by atoms with Crippen molar-refractivity contribution >= 4 is 10.8 Å². The van der Waals surface area contributed by atoms with Crippen LogP contribution in [0.5, 0.6) is 0 Å². The van der Waals surface area contributed by atoms with Crippen molar-refractivity contribution in [1.82, 2.24) is 5.32 Å². The molecule has 1 nitrogen and oxygen atoms in total. The summed E-state index contributed by atoms with van der Waals surface area (Å²) < 4.78 is 0. The summed E-state index contributed by atoms with van der Waals surface area (Å²) in [6.45, 7) is 12.3. The van der Waals surface area contributed by atoms with E-state index in [1.165, 1.54) is 62.1 Å². The lowest BCUT2D eigenvalue weighted by atomic mass is 9.47. The Labute approximate surface area is 207 Å². The first-order chi connectivity index (χ1) is 16.2. The van der Waals surface area contributed by atoms with E-state index in [4.69, 9.17) is 0 Å². The zero-order valence-corrected chi connectivity index (χ0v) is 22.2. The molecule has 4 aliphatic carbocycles. The van der Waals surface area contributed by atoms with Crippen molar-refractivity contribution in [1.29, 1.82) is 0 Å². The van der Waals surface area contributed by atoms with Crippen molar-refractivity contribution in [3.8, 4) is 0 Å². The molecule has 3 saturated carbocycles. The zero-order valence-electron chi connectivity index (χ0n) is 22.2. The molecule has 0 radical (unpaired) electrons. The third-order valence-electron chi connectivity index (χ3n) is 10.9. The molecule has 2 aromatic rings. The molecular formula is C33H45N. The molecule has 0 unspecified atom stereocenters. The van der Waals surface area contributed by atoms with Crippen molar-refractivity contribution in [2.45, 2.75) is 103 Å². The number of hydrogen-bond acceptors (Lipinski definition) is 1. The van der Waals surface area contributed by atoms with Gasteiger partial charge in [-0.1, -0.05) is 68.0 Å². The standard InChI is InChI=1S/C33H45N/c1-31(2,3)34-26-16-18-32(4)25(21-26)12-13-27-29-15-14-28(33(29,5)19-17-30(27)32)24-11-10-22-8-6-7-9-23(22)20-24/h6-12,20,26-30,34H,13-19,21H2,1-5H3/t26-,27-,28+,29-,30-,32-,33+/m0/s1. The number of allylic oxidation sites excluding steroid dienone is 1. The zero-order chi connectivity index (χ0) is 23.7. The van der Waals surface area contributed by atoms with Crippen LogP contribution in [-0.2, 0) is 0 Å². The molecule has 4 aliphatic rings. The first-order valence-corrected chi connectivity index (χ1v) is 14.1. The fraction of sp³-hybridized carbons (Fsp3) is 0.636. The third-order valence-corrected chi connectivity index (χ3v) is 10.9. The van der Waals surface area contributed by atoms with Crippen LogP contribution in [0.15, 0.2) is 54.1 Å². The molecule has 0 aromatic heterocycles. The van der Waals surface area contributed by atoms with E-state index in [1.54, 1.807) is 11.1 Å². The fourth-order valence-corrected chi connectivity index (χ4v) is 9.37. The molecule has 0 spiro atoms. The molecule has 0 amide bonds. The molecule has 2 aromatic carbocycles.